The number of fused-ring (bicyclic) bond motifs is 1. The predicted octanol–water partition coefficient (Wildman–Crippen LogP) is 2.70. The molecule has 2 aromatic rings. The molecule has 0 amide bonds. The highest BCUT2D eigenvalue weighted by Crippen LogP contribution is 2.39. The maximum atomic E-state index is 12.3. The van der Waals surface area contributed by atoms with E-state index >= 15 is 0 Å². The van der Waals surface area contributed by atoms with E-state index < -0.39 is 11.9 Å². The number of hydrogen-bond acceptors (Lipinski definition) is 9. The molecule has 4 rings (SSSR count). The summed E-state index contributed by atoms with van der Waals surface area (Å²) in [4.78, 5) is 28.0. The van der Waals surface area contributed by atoms with Crippen molar-refractivity contribution in [1.29, 1.82) is 0 Å². The van der Waals surface area contributed by atoms with E-state index in [1.165, 1.54) is 27.2 Å². The van der Waals surface area contributed by atoms with Gasteiger partial charge in [-0.25, -0.2) is 9.79 Å². The molecule has 0 N–H and O–H groups in total. The standard InChI is InChI=1S/C21H17NO8/c1-11(23)29-19-17(25-2)7-12(8-18(19)26-3)6-14-21(24)30-20(22-14)13-4-5-15-16(9-13)28-10-27-15/h4-9H,10H2,1-3H3/b14-6-. The normalized spacial score (nSPS) is 15.6. The van der Waals surface area contributed by atoms with Crippen LogP contribution >= 0.6 is 0 Å². The molecule has 9 nitrogen and oxygen atoms in total. The highest BCUT2D eigenvalue weighted by molar-refractivity contribution is 6.13. The highest BCUT2D eigenvalue weighted by Gasteiger charge is 2.26. The lowest BCUT2D eigenvalue weighted by atomic mass is 10.1. The number of nitrogens with zero attached hydrogens (tertiary/aromatic N) is 1. The number of rotatable bonds is 5. The average Bonchev–Trinajstić information content (AvgIpc) is 3.34. The molecular formula is C21H17NO8. The van der Waals surface area contributed by atoms with E-state index in [1.54, 1.807) is 30.3 Å². The largest absolute Gasteiger partial charge is 0.493 e. The van der Waals surface area contributed by atoms with Crippen molar-refractivity contribution in [2.45, 2.75) is 6.92 Å². The zero-order chi connectivity index (χ0) is 21.3. The molecule has 0 saturated carbocycles. The molecule has 0 unspecified atom stereocenters. The van der Waals surface area contributed by atoms with E-state index in [2.05, 4.69) is 4.99 Å². The molecule has 30 heavy (non-hydrogen) atoms. The Kier molecular flexibility index (Phi) is 5.01. The van der Waals surface area contributed by atoms with Gasteiger partial charge in [0.15, 0.2) is 28.7 Å². The lowest BCUT2D eigenvalue weighted by Crippen LogP contribution is -2.06. The van der Waals surface area contributed by atoms with Gasteiger partial charge in [-0.15, -0.1) is 0 Å². The minimum atomic E-state index is -0.607. The third kappa shape index (κ3) is 3.64. The number of methoxy groups -OCH3 is 2. The van der Waals surface area contributed by atoms with Crippen molar-refractivity contribution in [1.82, 2.24) is 0 Å². The zero-order valence-electron chi connectivity index (χ0n) is 16.4. The Morgan fingerprint density at radius 1 is 1.07 bits per heavy atom. The molecule has 0 atom stereocenters. The first-order valence-corrected chi connectivity index (χ1v) is 8.85. The van der Waals surface area contributed by atoms with E-state index in [1.807, 2.05) is 0 Å². The Morgan fingerprint density at radius 3 is 2.43 bits per heavy atom. The van der Waals surface area contributed by atoms with Crippen molar-refractivity contribution in [2.75, 3.05) is 21.0 Å². The minimum Gasteiger partial charge on any atom is -0.493 e. The van der Waals surface area contributed by atoms with Gasteiger partial charge in [0, 0.05) is 12.5 Å². The van der Waals surface area contributed by atoms with Gasteiger partial charge in [-0.05, 0) is 42.0 Å². The molecule has 0 aliphatic carbocycles. The number of hydrogen-bond donors (Lipinski definition) is 0. The van der Waals surface area contributed by atoms with Crippen LogP contribution < -0.4 is 23.7 Å². The maximum Gasteiger partial charge on any atom is 0.363 e. The van der Waals surface area contributed by atoms with Gasteiger partial charge in [-0.2, -0.15) is 0 Å². The number of aliphatic imine (C=N–C) groups is 1. The molecular weight excluding hydrogens is 394 g/mol. The summed E-state index contributed by atoms with van der Waals surface area (Å²) in [5.41, 5.74) is 1.21. The Hall–Kier alpha value is -4.01. The first kappa shape index (κ1) is 19.3. The van der Waals surface area contributed by atoms with Gasteiger partial charge in [-0.3, -0.25) is 4.79 Å². The molecule has 2 aromatic carbocycles. The number of carbonyl (C=O) groups excluding carboxylic acids is 2. The summed E-state index contributed by atoms with van der Waals surface area (Å²) in [6.07, 6.45) is 1.52. The third-order valence-electron chi connectivity index (χ3n) is 4.27. The van der Waals surface area contributed by atoms with Gasteiger partial charge >= 0.3 is 11.9 Å². The first-order valence-electron chi connectivity index (χ1n) is 8.85. The molecule has 0 aromatic heterocycles. The Morgan fingerprint density at radius 2 is 1.77 bits per heavy atom. The number of benzene rings is 2. The van der Waals surface area contributed by atoms with Gasteiger partial charge in [0.25, 0.3) is 0 Å². The fourth-order valence-corrected chi connectivity index (χ4v) is 2.95. The first-order chi connectivity index (χ1) is 14.5. The van der Waals surface area contributed by atoms with Gasteiger partial charge in [-0.1, -0.05) is 0 Å². The number of ether oxygens (including phenoxy) is 6. The highest BCUT2D eigenvalue weighted by atomic mass is 16.7. The Balaban J connectivity index is 1.68. The van der Waals surface area contributed by atoms with Crippen LogP contribution in [0, 0.1) is 0 Å². The van der Waals surface area contributed by atoms with Gasteiger partial charge < -0.3 is 28.4 Å². The zero-order valence-corrected chi connectivity index (χ0v) is 16.4. The van der Waals surface area contributed by atoms with E-state index in [0.717, 1.165) is 0 Å². The molecule has 0 radical (unpaired) electrons. The van der Waals surface area contributed by atoms with Crippen molar-refractivity contribution in [3.63, 3.8) is 0 Å². The van der Waals surface area contributed by atoms with Crippen LogP contribution in [-0.4, -0.2) is 38.8 Å². The van der Waals surface area contributed by atoms with Gasteiger partial charge in [0.1, 0.15) is 0 Å². The third-order valence-corrected chi connectivity index (χ3v) is 4.27. The van der Waals surface area contributed by atoms with E-state index in [-0.39, 0.29) is 35.6 Å². The number of cyclic esters (lactones) is 1. The molecule has 0 fully saturated rings. The molecule has 154 valence electrons. The van der Waals surface area contributed by atoms with Crippen LogP contribution in [0.15, 0.2) is 41.0 Å². The number of esters is 2. The monoisotopic (exact) mass is 411 g/mol. The van der Waals surface area contributed by atoms with Crippen LogP contribution in [0.25, 0.3) is 6.08 Å². The molecule has 2 aliphatic rings. The predicted molar refractivity (Wildman–Crippen MR) is 104 cm³/mol. The van der Waals surface area contributed by atoms with Gasteiger partial charge in [0.2, 0.25) is 18.4 Å². The van der Waals surface area contributed by atoms with E-state index in [4.69, 9.17) is 28.4 Å². The summed E-state index contributed by atoms with van der Waals surface area (Å²) in [6, 6.07) is 8.32. The average molecular weight is 411 g/mol. The quantitative estimate of drug-likeness (QED) is 0.420. The fourth-order valence-electron chi connectivity index (χ4n) is 2.95. The van der Waals surface area contributed by atoms with Crippen LogP contribution in [-0.2, 0) is 14.3 Å². The van der Waals surface area contributed by atoms with Crippen LogP contribution in [0.4, 0.5) is 0 Å². The minimum absolute atomic E-state index is 0.0898. The fraction of sp³-hybridized carbons (Fsp3) is 0.190. The number of carbonyl (C=O) groups is 2. The van der Waals surface area contributed by atoms with Crippen LogP contribution in [0.1, 0.15) is 18.1 Å². The van der Waals surface area contributed by atoms with Crippen molar-refractivity contribution in [2.24, 2.45) is 4.99 Å². The summed E-state index contributed by atoms with van der Waals surface area (Å²) in [5.74, 6) is 0.879. The summed E-state index contributed by atoms with van der Waals surface area (Å²) in [7, 11) is 2.86. The topological polar surface area (TPSA) is 102 Å². The van der Waals surface area contributed by atoms with Crippen molar-refractivity contribution >= 4 is 23.9 Å². The Labute approximate surface area is 171 Å². The van der Waals surface area contributed by atoms with Crippen LogP contribution in [0.3, 0.4) is 0 Å². The van der Waals surface area contributed by atoms with Crippen molar-refractivity contribution in [3.05, 3.63) is 47.2 Å². The lowest BCUT2D eigenvalue weighted by Gasteiger charge is -2.13. The lowest BCUT2D eigenvalue weighted by molar-refractivity contribution is -0.132. The molecule has 2 aliphatic heterocycles. The van der Waals surface area contributed by atoms with Crippen LogP contribution in [0.5, 0.6) is 28.7 Å². The summed E-state index contributed by atoms with van der Waals surface area (Å²) >= 11 is 0. The molecule has 9 heteroatoms. The van der Waals surface area contributed by atoms with Gasteiger partial charge in [0.05, 0.1) is 14.2 Å². The maximum absolute atomic E-state index is 12.3. The summed E-state index contributed by atoms with van der Waals surface area (Å²) in [6.45, 7) is 1.42. The Bertz CT molecular complexity index is 1080. The summed E-state index contributed by atoms with van der Waals surface area (Å²) in [5, 5.41) is 0. The molecule has 0 bridgehead atoms. The van der Waals surface area contributed by atoms with Crippen LogP contribution in [0.2, 0.25) is 0 Å². The second kappa shape index (κ2) is 7.78. The molecule has 2 heterocycles. The SMILES string of the molecule is COc1cc(/C=C2\N=C(c3ccc4c(c3)OCO4)OC2=O)cc(OC)c1OC(C)=O. The van der Waals surface area contributed by atoms with E-state index in [0.29, 0.717) is 22.6 Å². The summed E-state index contributed by atoms with van der Waals surface area (Å²) < 4.78 is 31.7. The van der Waals surface area contributed by atoms with Crippen molar-refractivity contribution in [3.8, 4) is 28.7 Å². The second-order valence-corrected chi connectivity index (χ2v) is 6.25. The van der Waals surface area contributed by atoms with E-state index in [9.17, 15) is 9.59 Å². The van der Waals surface area contributed by atoms with Crippen molar-refractivity contribution < 1.29 is 38.0 Å². The second-order valence-electron chi connectivity index (χ2n) is 6.25. The molecule has 0 saturated heterocycles. The smallest absolute Gasteiger partial charge is 0.363 e. The molecule has 0 spiro atoms.